The molecule has 1 atom stereocenters. The van der Waals surface area contributed by atoms with Crippen molar-refractivity contribution in [2.75, 3.05) is 27.2 Å². The lowest BCUT2D eigenvalue weighted by Crippen LogP contribution is -2.38. The fourth-order valence-electron chi connectivity index (χ4n) is 2.22. The van der Waals surface area contributed by atoms with E-state index in [9.17, 15) is 16.8 Å². The van der Waals surface area contributed by atoms with Crippen LogP contribution in [0.1, 0.15) is 6.42 Å². The molecule has 0 amide bonds. The molecule has 1 fully saturated rings. The molecule has 9 heteroatoms. The van der Waals surface area contributed by atoms with Crippen molar-refractivity contribution in [3.63, 3.8) is 0 Å². The summed E-state index contributed by atoms with van der Waals surface area (Å²) in [5, 5.41) is 3.12. The van der Waals surface area contributed by atoms with Crippen molar-refractivity contribution in [3.8, 4) is 0 Å². The van der Waals surface area contributed by atoms with Gasteiger partial charge in [-0.25, -0.2) is 21.6 Å². The molecule has 0 bridgehead atoms. The van der Waals surface area contributed by atoms with Crippen molar-refractivity contribution in [1.29, 1.82) is 0 Å². The third kappa shape index (κ3) is 3.27. The Balaban J connectivity index is 2.29. The van der Waals surface area contributed by atoms with E-state index in [2.05, 4.69) is 10.0 Å². The summed E-state index contributed by atoms with van der Waals surface area (Å²) in [4.78, 5) is 0.126. The van der Waals surface area contributed by atoms with E-state index in [0.29, 0.717) is 6.54 Å². The predicted molar refractivity (Wildman–Crippen MR) is 78.9 cm³/mol. The largest absolute Gasteiger partial charge is 0.315 e. The van der Waals surface area contributed by atoms with Crippen LogP contribution in [-0.4, -0.2) is 54.4 Å². The lowest BCUT2D eigenvalue weighted by molar-refractivity contribution is 0.387. The Morgan fingerprint density at radius 1 is 1.14 bits per heavy atom. The van der Waals surface area contributed by atoms with Crippen molar-refractivity contribution in [2.24, 2.45) is 0 Å². The molecular weight excluding hydrogens is 314 g/mol. The van der Waals surface area contributed by atoms with Crippen LogP contribution in [0.5, 0.6) is 0 Å². The maximum absolute atomic E-state index is 12.5. The Hall–Kier alpha value is -1.00. The number of sulfonamides is 2. The number of nitrogens with one attached hydrogen (secondary N) is 2. The first-order valence-electron chi connectivity index (χ1n) is 6.51. The van der Waals surface area contributed by atoms with E-state index in [0.717, 1.165) is 13.0 Å². The zero-order valence-electron chi connectivity index (χ0n) is 11.9. The molecule has 1 aromatic carbocycles. The van der Waals surface area contributed by atoms with Crippen LogP contribution in [0.4, 0.5) is 0 Å². The van der Waals surface area contributed by atoms with Gasteiger partial charge < -0.3 is 5.32 Å². The highest BCUT2D eigenvalue weighted by molar-refractivity contribution is 7.89. The topological polar surface area (TPSA) is 95.6 Å². The fraction of sp³-hybridized carbons (Fsp3) is 0.500. The average Bonchev–Trinajstić information content (AvgIpc) is 3.00. The molecule has 1 heterocycles. The monoisotopic (exact) mass is 333 g/mol. The van der Waals surface area contributed by atoms with Crippen molar-refractivity contribution < 1.29 is 16.8 Å². The summed E-state index contributed by atoms with van der Waals surface area (Å²) in [6.45, 7) is 1.42. The van der Waals surface area contributed by atoms with E-state index in [1.165, 1.54) is 35.6 Å². The first-order chi connectivity index (χ1) is 9.79. The van der Waals surface area contributed by atoms with Gasteiger partial charge in [0.15, 0.2) is 0 Å². The maximum Gasteiger partial charge on any atom is 0.243 e. The van der Waals surface area contributed by atoms with Crippen molar-refractivity contribution >= 4 is 20.0 Å². The van der Waals surface area contributed by atoms with Crippen LogP contribution < -0.4 is 10.0 Å². The summed E-state index contributed by atoms with van der Waals surface area (Å²) in [6.07, 6.45) is 0.766. The Bertz CT molecular complexity index is 693. The smallest absolute Gasteiger partial charge is 0.243 e. The minimum atomic E-state index is -3.61. The second kappa shape index (κ2) is 6.01. The molecule has 118 valence electrons. The predicted octanol–water partition coefficient (Wildman–Crippen LogP) is -0.423. The lowest BCUT2D eigenvalue weighted by atomic mass is 10.3. The molecule has 1 unspecified atom stereocenters. The van der Waals surface area contributed by atoms with E-state index < -0.39 is 20.0 Å². The van der Waals surface area contributed by atoms with E-state index in [-0.39, 0.29) is 15.8 Å². The summed E-state index contributed by atoms with van der Waals surface area (Å²) in [7, 11) is -4.32. The number of hydrogen-bond donors (Lipinski definition) is 2. The number of likely N-dealkylation sites (N-methyl/N-ethyl adjacent to an activating group) is 1. The zero-order valence-corrected chi connectivity index (χ0v) is 13.5. The Morgan fingerprint density at radius 2 is 1.71 bits per heavy atom. The van der Waals surface area contributed by atoms with Gasteiger partial charge in [0.25, 0.3) is 0 Å². The van der Waals surface area contributed by atoms with Crippen LogP contribution in [0.3, 0.4) is 0 Å². The van der Waals surface area contributed by atoms with E-state index in [1.807, 2.05) is 0 Å². The molecular formula is C12H19N3O4S2. The van der Waals surface area contributed by atoms with Crippen molar-refractivity contribution in [2.45, 2.75) is 22.3 Å². The third-order valence-electron chi connectivity index (χ3n) is 3.63. The standard InChI is InChI=1S/C12H19N3O4S2/c1-13-20(16,17)11-3-5-12(6-4-11)21(18,19)15(2)10-7-8-14-9-10/h3-6,10,13-14H,7-9H2,1-2H3. The molecule has 2 N–H and O–H groups in total. The molecule has 2 rings (SSSR count). The Kier molecular flexibility index (Phi) is 4.69. The van der Waals surface area contributed by atoms with E-state index in [1.54, 1.807) is 7.05 Å². The van der Waals surface area contributed by atoms with E-state index in [4.69, 9.17) is 0 Å². The average molecular weight is 333 g/mol. The van der Waals surface area contributed by atoms with Crippen LogP contribution in [-0.2, 0) is 20.0 Å². The SMILES string of the molecule is CNS(=O)(=O)c1ccc(S(=O)(=O)N(C)C2CCNC2)cc1. The second-order valence-electron chi connectivity index (χ2n) is 4.85. The highest BCUT2D eigenvalue weighted by atomic mass is 32.2. The highest BCUT2D eigenvalue weighted by Crippen LogP contribution is 2.20. The summed E-state index contributed by atoms with van der Waals surface area (Å²) in [6, 6.07) is 5.14. The van der Waals surface area contributed by atoms with Crippen molar-refractivity contribution in [3.05, 3.63) is 24.3 Å². The highest BCUT2D eigenvalue weighted by Gasteiger charge is 2.30. The van der Waals surface area contributed by atoms with Crippen LogP contribution in [0.2, 0.25) is 0 Å². The quantitative estimate of drug-likeness (QED) is 0.763. The molecule has 0 radical (unpaired) electrons. The van der Waals surface area contributed by atoms with Gasteiger partial charge >= 0.3 is 0 Å². The molecule has 1 aliphatic heterocycles. The fourth-order valence-corrected chi connectivity index (χ4v) is 4.34. The molecule has 1 saturated heterocycles. The Labute approximate surface area is 125 Å². The first-order valence-corrected chi connectivity index (χ1v) is 9.44. The molecule has 0 aliphatic carbocycles. The van der Waals surface area contributed by atoms with Gasteiger partial charge in [-0.2, -0.15) is 4.31 Å². The minimum absolute atomic E-state index is 0.0362. The van der Waals surface area contributed by atoms with Gasteiger partial charge in [-0.15, -0.1) is 0 Å². The third-order valence-corrected chi connectivity index (χ3v) is 6.98. The first kappa shape index (κ1) is 16.4. The van der Waals surface area contributed by atoms with Gasteiger partial charge in [-0.3, -0.25) is 0 Å². The number of nitrogens with zero attached hydrogens (tertiary/aromatic N) is 1. The van der Waals surface area contributed by atoms with Crippen LogP contribution in [0.15, 0.2) is 34.1 Å². The van der Waals surface area contributed by atoms with Gasteiger partial charge in [0.2, 0.25) is 20.0 Å². The molecule has 7 nitrogen and oxygen atoms in total. The van der Waals surface area contributed by atoms with Crippen LogP contribution in [0, 0.1) is 0 Å². The van der Waals surface area contributed by atoms with Gasteiger partial charge in [0.05, 0.1) is 9.79 Å². The molecule has 0 saturated carbocycles. The zero-order chi connectivity index (χ0) is 15.7. The normalized spacial score (nSPS) is 20.0. The minimum Gasteiger partial charge on any atom is -0.315 e. The summed E-state index contributed by atoms with van der Waals surface area (Å²) in [5.41, 5.74) is 0. The molecule has 0 spiro atoms. The number of benzene rings is 1. The van der Waals surface area contributed by atoms with Crippen LogP contribution >= 0.6 is 0 Å². The van der Waals surface area contributed by atoms with Gasteiger partial charge in [0, 0.05) is 19.6 Å². The summed E-state index contributed by atoms with van der Waals surface area (Å²) >= 11 is 0. The van der Waals surface area contributed by atoms with Gasteiger partial charge in [0.1, 0.15) is 0 Å². The van der Waals surface area contributed by atoms with Gasteiger partial charge in [-0.1, -0.05) is 0 Å². The second-order valence-corrected chi connectivity index (χ2v) is 8.73. The maximum atomic E-state index is 12.5. The van der Waals surface area contributed by atoms with Crippen molar-refractivity contribution in [1.82, 2.24) is 14.3 Å². The van der Waals surface area contributed by atoms with Gasteiger partial charge in [-0.05, 0) is 44.3 Å². The summed E-state index contributed by atoms with van der Waals surface area (Å²) < 4.78 is 51.7. The Morgan fingerprint density at radius 3 is 2.19 bits per heavy atom. The molecule has 1 aromatic rings. The lowest BCUT2D eigenvalue weighted by Gasteiger charge is -2.23. The molecule has 1 aliphatic rings. The van der Waals surface area contributed by atoms with E-state index >= 15 is 0 Å². The molecule has 0 aromatic heterocycles. The summed E-state index contributed by atoms with van der Waals surface area (Å²) in [5.74, 6) is 0. The number of rotatable bonds is 5. The van der Waals surface area contributed by atoms with Crippen LogP contribution in [0.25, 0.3) is 0 Å². The number of hydrogen-bond acceptors (Lipinski definition) is 5. The molecule has 21 heavy (non-hydrogen) atoms.